The topological polar surface area (TPSA) is 40.5 Å². The molecule has 1 saturated heterocycles. The second kappa shape index (κ2) is 4.49. The van der Waals surface area contributed by atoms with Crippen molar-refractivity contribution in [3.8, 4) is 0 Å². The first kappa shape index (κ1) is 10.9. The Morgan fingerprint density at radius 2 is 2.12 bits per heavy atom. The number of amides is 1. The lowest BCUT2D eigenvalue weighted by atomic mass is 10.2. The molecule has 0 unspecified atom stereocenters. The summed E-state index contributed by atoms with van der Waals surface area (Å²) in [5, 5.41) is 9.68. The lowest BCUT2D eigenvalue weighted by molar-refractivity contribution is -0.125. The molecule has 1 aromatic carbocycles. The van der Waals surface area contributed by atoms with Crippen molar-refractivity contribution in [2.24, 2.45) is 0 Å². The molecule has 1 N–H and O–H groups in total. The maximum Gasteiger partial charge on any atom is 0.252 e. The summed E-state index contributed by atoms with van der Waals surface area (Å²) in [6.45, 7) is 2.74. The highest BCUT2D eigenvalue weighted by Gasteiger charge is 2.32. The largest absolute Gasteiger partial charge is 0.386 e. The van der Waals surface area contributed by atoms with Crippen molar-refractivity contribution in [1.82, 2.24) is 4.90 Å². The Bertz CT molecular complexity index is 411. The number of carbonyl (C=O) groups excluding carboxylic acids is 1. The number of aliphatic hydroxyl groups is 1. The molecule has 1 aliphatic heterocycles. The maximum atomic E-state index is 11.8. The number of nitrogens with zero attached hydrogens (tertiary/aromatic N) is 1. The predicted molar refractivity (Wildman–Crippen MR) is 61.6 cm³/mol. The van der Waals surface area contributed by atoms with Gasteiger partial charge in [0.2, 0.25) is 0 Å². The quantitative estimate of drug-likeness (QED) is 0.759. The van der Waals surface area contributed by atoms with Gasteiger partial charge in [0.1, 0.15) is 6.10 Å². The number of aliphatic hydroxyl groups excluding tert-OH is 1. The van der Waals surface area contributed by atoms with E-state index in [1.165, 1.54) is 0 Å². The zero-order valence-electron chi connectivity index (χ0n) is 9.26. The van der Waals surface area contributed by atoms with Gasteiger partial charge in [0, 0.05) is 12.1 Å². The van der Waals surface area contributed by atoms with Gasteiger partial charge in [-0.05, 0) is 12.5 Å². The zero-order chi connectivity index (χ0) is 11.5. The van der Waals surface area contributed by atoms with Gasteiger partial charge in [0.05, 0.1) is 6.54 Å². The summed E-state index contributed by atoms with van der Waals surface area (Å²) in [4.78, 5) is 13.5. The van der Waals surface area contributed by atoms with Crippen molar-refractivity contribution in [2.45, 2.75) is 19.6 Å². The monoisotopic (exact) mass is 217 g/mol. The van der Waals surface area contributed by atoms with Gasteiger partial charge in [-0.2, -0.15) is 0 Å². The van der Waals surface area contributed by atoms with Crippen molar-refractivity contribution in [3.63, 3.8) is 0 Å². The SMILES string of the molecule is C/C=C1\C(=O)N(Cc2ccccc2)C[C@@H]1O. The van der Waals surface area contributed by atoms with Crippen LogP contribution in [0.3, 0.4) is 0 Å². The predicted octanol–water partition coefficient (Wildman–Crippen LogP) is 1.34. The second-order valence-electron chi connectivity index (χ2n) is 3.93. The number of benzene rings is 1. The van der Waals surface area contributed by atoms with Crippen LogP contribution < -0.4 is 0 Å². The van der Waals surface area contributed by atoms with E-state index in [0.29, 0.717) is 18.7 Å². The summed E-state index contributed by atoms with van der Waals surface area (Å²) in [6.07, 6.45) is 1.05. The molecular weight excluding hydrogens is 202 g/mol. The van der Waals surface area contributed by atoms with E-state index < -0.39 is 6.10 Å². The summed E-state index contributed by atoms with van der Waals surface area (Å²) in [5.41, 5.74) is 1.59. The normalized spacial score (nSPS) is 23.1. The van der Waals surface area contributed by atoms with Crippen LogP contribution in [0.15, 0.2) is 42.0 Å². The van der Waals surface area contributed by atoms with Crippen molar-refractivity contribution < 1.29 is 9.90 Å². The van der Waals surface area contributed by atoms with Crippen molar-refractivity contribution in [1.29, 1.82) is 0 Å². The molecular formula is C13H15NO2. The molecule has 0 aromatic heterocycles. The summed E-state index contributed by atoms with van der Waals surface area (Å²) >= 11 is 0. The molecule has 3 heteroatoms. The molecule has 1 aromatic rings. The molecule has 0 spiro atoms. The average molecular weight is 217 g/mol. The second-order valence-corrected chi connectivity index (χ2v) is 3.93. The summed E-state index contributed by atoms with van der Waals surface area (Å²) in [7, 11) is 0. The molecule has 1 atom stereocenters. The summed E-state index contributed by atoms with van der Waals surface area (Å²) in [5.74, 6) is -0.0566. The lowest BCUT2D eigenvalue weighted by Gasteiger charge is -2.14. The third-order valence-electron chi connectivity index (χ3n) is 2.81. The Hall–Kier alpha value is -1.61. The van der Waals surface area contributed by atoms with Crippen LogP contribution in [0.2, 0.25) is 0 Å². The number of allylic oxidation sites excluding steroid dienone is 1. The molecule has 0 radical (unpaired) electrons. The third-order valence-corrected chi connectivity index (χ3v) is 2.81. The maximum absolute atomic E-state index is 11.8. The van der Waals surface area contributed by atoms with Crippen LogP contribution in [-0.4, -0.2) is 28.6 Å². The summed E-state index contributed by atoms with van der Waals surface area (Å²) in [6, 6.07) is 9.80. The van der Waals surface area contributed by atoms with E-state index in [0.717, 1.165) is 5.56 Å². The first-order valence-electron chi connectivity index (χ1n) is 5.40. The van der Waals surface area contributed by atoms with Gasteiger partial charge in [-0.15, -0.1) is 0 Å². The first-order chi connectivity index (χ1) is 7.72. The molecule has 3 nitrogen and oxygen atoms in total. The molecule has 2 rings (SSSR count). The molecule has 0 aliphatic carbocycles. The van der Waals surface area contributed by atoms with E-state index >= 15 is 0 Å². The minimum absolute atomic E-state index is 0.0566. The van der Waals surface area contributed by atoms with Gasteiger partial charge in [-0.25, -0.2) is 0 Å². The Labute approximate surface area is 95.0 Å². The van der Waals surface area contributed by atoms with Crippen molar-refractivity contribution >= 4 is 5.91 Å². The number of likely N-dealkylation sites (tertiary alicyclic amines) is 1. The molecule has 1 heterocycles. The van der Waals surface area contributed by atoms with Gasteiger partial charge in [0.25, 0.3) is 5.91 Å². The van der Waals surface area contributed by atoms with Crippen LogP contribution in [0.5, 0.6) is 0 Å². The standard InChI is InChI=1S/C13H15NO2/c1-2-11-12(15)9-14(13(11)16)8-10-6-4-3-5-7-10/h2-7,12,15H,8-9H2,1H3/b11-2-/t12-/m0/s1. The summed E-state index contributed by atoms with van der Waals surface area (Å²) < 4.78 is 0. The van der Waals surface area contributed by atoms with E-state index in [9.17, 15) is 9.90 Å². The minimum atomic E-state index is -0.638. The Morgan fingerprint density at radius 3 is 2.69 bits per heavy atom. The van der Waals surface area contributed by atoms with E-state index in [1.54, 1.807) is 17.9 Å². The van der Waals surface area contributed by atoms with Gasteiger partial charge in [0.15, 0.2) is 0 Å². The molecule has 0 bridgehead atoms. The Kier molecular flexibility index (Phi) is 3.06. The van der Waals surface area contributed by atoms with Crippen molar-refractivity contribution in [3.05, 3.63) is 47.5 Å². The Morgan fingerprint density at radius 1 is 1.44 bits per heavy atom. The van der Waals surface area contributed by atoms with Crippen LogP contribution in [-0.2, 0) is 11.3 Å². The van der Waals surface area contributed by atoms with Gasteiger partial charge in [-0.3, -0.25) is 4.79 Å². The zero-order valence-corrected chi connectivity index (χ0v) is 9.26. The lowest BCUT2D eigenvalue weighted by Crippen LogP contribution is -2.25. The number of rotatable bonds is 2. The van der Waals surface area contributed by atoms with Crippen LogP contribution in [0.25, 0.3) is 0 Å². The van der Waals surface area contributed by atoms with Crippen LogP contribution in [0, 0.1) is 0 Å². The van der Waals surface area contributed by atoms with E-state index in [2.05, 4.69) is 0 Å². The van der Waals surface area contributed by atoms with Crippen molar-refractivity contribution in [2.75, 3.05) is 6.54 Å². The molecule has 0 saturated carbocycles. The van der Waals surface area contributed by atoms with Gasteiger partial charge >= 0.3 is 0 Å². The van der Waals surface area contributed by atoms with Crippen LogP contribution in [0.4, 0.5) is 0 Å². The number of hydrogen-bond donors (Lipinski definition) is 1. The fraction of sp³-hybridized carbons (Fsp3) is 0.308. The highest BCUT2D eigenvalue weighted by Crippen LogP contribution is 2.19. The van der Waals surface area contributed by atoms with Gasteiger partial charge < -0.3 is 10.0 Å². The molecule has 1 fully saturated rings. The van der Waals surface area contributed by atoms with Crippen LogP contribution >= 0.6 is 0 Å². The smallest absolute Gasteiger partial charge is 0.252 e. The third kappa shape index (κ3) is 1.99. The van der Waals surface area contributed by atoms with Crippen LogP contribution in [0.1, 0.15) is 12.5 Å². The first-order valence-corrected chi connectivity index (χ1v) is 5.40. The molecule has 1 aliphatic rings. The highest BCUT2D eigenvalue weighted by molar-refractivity contribution is 5.96. The van der Waals surface area contributed by atoms with E-state index in [-0.39, 0.29) is 5.91 Å². The fourth-order valence-electron chi connectivity index (χ4n) is 1.97. The Balaban J connectivity index is 2.11. The highest BCUT2D eigenvalue weighted by atomic mass is 16.3. The number of carbonyl (C=O) groups is 1. The number of β-amino-alcohol motifs (C(OH)–C–C–N with tert-alkyl or cyclic N) is 1. The van der Waals surface area contributed by atoms with Gasteiger partial charge in [-0.1, -0.05) is 36.4 Å². The van der Waals surface area contributed by atoms with E-state index in [4.69, 9.17) is 0 Å². The molecule has 1 amide bonds. The molecule has 16 heavy (non-hydrogen) atoms. The minimum Gasteiger partial charge on any atom is -0.386 e. The average Bonchev–Trinajstić information content (AvgIpc) is 2.55. The molecule has 84 valence electrons. The van der Waals surface area contributed by atoms with E-state index in [1.807, 2.05) is 30.3 Å². The fourth-order valence-corrected chi connectivity index (χ4v) is 1.97. The number of hydrogen-bond acceptors (Lipinski definition) is 2.